The summed E-state index contributed by atoms with van der Waals surface area (Å²) in [4.78, 5) is 21.1. The van der Waals surface area contributed by atoms with Gasteiger partial charge in [-0.05, 0) is 37.1 Å². The lowest BCUT2D eigenvalue weighted by atomic mass is 9.86. The maximum atomic E-state index is 12.5. The van der Waals surface area contributed by atoms with Crippen molar-refractivity contribution in [2.24, 2.45) is 5.92 Å². The molecule has 2 aromatic heterocycles. The topological polar surface area (TPSA) is 54.9 Å². The summed E-state index contributed by atoms with van der Waals surface area (Å²) < 4.78 is 1.07. The van der Waals surface area contributed by atoms with Gasteiger partial charge >= 0.3 is 0 Å². The smallest absolute Gasteiger partial charge is 0.233 e. The normalized spacial score (nSPS) is 23.4. The number of hydrogen-bond acceptors (Lipinski definition) is 5. The van der Waals surface area contributed by atoms with E-state index in [0.717, 1.165) is 21.7 Å². The van der Waals surface area contributed by atoms with Crippen LogP contribution >= 0.6 is 23.1 Å². The molecule has 0 aromatic carbocycles. The number of thiophene rings is 1. The average molecular weight is 335 g/mol. The summed E-state index contributed by atoms with van der Waals surface area (Å²) in [5, 5.41) is 6.00. The fourth-order valence-electron chi connectivity index (χ4n) is 2.90. The first kappa shape index (κ1) is 15.7. The zero-order valence-electron chi connectivity index (χ0n) is 12.9. The Kier molecular flexibility index (Phi) is 4.98. The third-order valence-electron chi connectivity index (χ3n) is 4.31. The number of rotatable bonds is 4. The van der Waals surface area contributed by atoms with Gasteiger partial charge in [0.2, 0.25) is 5.91 Å². The van der Waals surface area contributed by atoms with Gasteiger partial charge in [-0.1, -0.05) is 31.5 Å². The maximum absolute atomic E-state index is 12.5. The van der Waals surface area contributed by atoms with Gasteiger partial charge in [-0.15, -0.1) is 11.3 Å². The molecular weight excluding hydrogens is 314 g/mol. The van der Waals surface area contributed by atoms with E-state index in [0.29, 0.717) is 12.0 Å². The zero-order chi connectivity index (χ0) is 15.5. The Morgan fingerprint density at radius 2 is 2.23 bits per heavy atom. The van der Waals surface area contributed by atoms with Crippen molar-refractivity contribution in [2.75, 3.05) is 0 Å². The van der Waals surface area contributed by atoms with Crippen LogP contribution in [0.25, 0.3) is 10.2 Å². The molecule has 0 radical (unpaired) electrons. The molecule has 0 bridgehead atoms. The number of aromatic nitrogens is 2. The molecule has 2 heterocycles. The largest absolute Gasteiger partial charge is 0.352 e. The minimum atomic E-state index is -0.144. The molecule has 0 spiro atoms. The number of carbonyl (C=O) groups is 1. The molecule has 1 amide bonds. The number of hydrogen-bond donors (Lipinski definition) is 1. The van der Waals surface area contributed by atoms with Crippen LogP contribution in [0.4, 0.5) is 0 Å². The third-order valence-corrected chi connectivity index (χ3v) is 6.45. The molecular formula is C16H21N3OS2. The van der Waals surface area contributed by atoms with Crippen molar-refractivity contribution in [3.63, 3.8) is 0 Å². The number of fused-ring (bicyclic) bond motifs is 1. The second-order valence-electron chi connectivity index (χ2n) is 5.95. The maximum Gasteiger partial charge on any atom is 0.233 e. The van der Waals surface area contributed by atoms with E-state index in [4.69, 9.17) is 0 Å². The molecule has 1 aliphatic rings. The number of nitrogens with zero attached hydrogens (tertiary/aromatic N) is 2. The first-order valence-corrected chi connectivity index (χ1v) is 9.56. The fourth-order valence-corrected chi connectivity index (χ4v) is 4.75. The number of carbonyl (C=O) groups excluding carboxylic acids is 1. The predicted molar refractivity (Wildman–Crippen MR) is 92.3 cm³/mol. The Morgan fingerprint density at radius 1 is 1.41 bits per heavy atom. The lowest BCUT2D eigenvalue weighted by Gasteiger charge is -2.30. The van der Waals surface area contributed by atoms with Crippen LogP contribution in [0.1, 0.15) is 39.5 Å². The second-order valence-corrected chi connectivity index (χ2v) is 8.20. The molecule has 1 N–H and O–H groups in total. The SMILES string of the molecule is CC(Sc1ncnc2ccsc12)C(=O)NC1CCCCC1C. The van der Waals surface area contributed by atoms with Crippen LogP contribution < -0.4 is 5.32 Å². The minimum absolute atomic E-state index is 0.118. The van der Waals surface area contributed by atoms with Crippen LogP contribution in [0.5, 0.6) is 0 Å². The molecule has 3 unspecified atom stereocenters. The Hall–Kier alpha value is -1.14. The van der Waals surface area contributed by atoms with Gasteiger partial charge in [0.15, 0.2) is 0 Å². The van der Waals surface area contributed by atoms with E-state index in [1.807, 2.05) is 18.4 Å². The van der Waals surface area contributed by atoms with E-state index >= 15 is 0 Å². The number of nitrogens with one attached hydrogen (secondary N) is 1. The van der Waals surface area contributed by atoms with Gasteiger partial charge in [-0.3, -0.25) is 4.79 Å². The van der Waals surface area contributed by atoms with Gasteiger partial charge < -0.3 is 5.32 Å². The molecule has 0 aliphatic heterocycles. The number of amides is 1. The predicted octanol–water partition coefficient (Wildman–Crippen LogP) is 3.87. The highest BCUT2D eigenvalue weighted by atomic mass is 32.2. The lowest BCUT2D eigenvalue weighted by molar-refractivity contribution is -0.121. The van der Waals surface area contributed by atoms with Crippen LogP contribution in [0.2, 0.25) is 0 Å². The highest BCUT2D eigenvalue weighted by Crippen LogP contribution is 2.31. The van der Waals surface area contributed by atoms with Crippen molar-refractivity contribution < 1.29 is 4.79 Å². The fraction of sp³-hybridized carbons (Fsp3) is 0.562. The monoisotopic (exact) mass is 335 g/mol. The molecule has 1 saturated carbocycles. The second kappa shape index (κ2) is 6.96. The van der Waals surface area contributed by atoms with Crippen LogP contribution in [0, 0.1) is 5.92 Å². The Bertz CT molecular complexity index is 658. The first-order chi connectivity index (χ1) is 10.6. The van der Waals surface area contributed by atoms with Crippen LogP contribution in [0.15, 0.2) is 22.8 Å². The molecule has 3 atom stereocenters. The summed E-state index contributed by atoms with van der Waals surface area (Å²) in [6.07, 6.45) is 6.40. The summed E-state index contributed by atoms with van der Waals surface area (Å²) in [5.74, 6) is 0.699. The van der Waals surface area contributed by atoms with Crippen molar-refractivity contribution in [3.8, 4) is 0 Å². The van der Waals surface area contributed by atoms with Crippen LogP contribution in [0.3, 0.4) is 0 Å². The Morgan fingerprint density at radius 3 is 3.05 bits per heavy atom. The highest BCUT2D eigenvalue weighted by molar-refractivity contribution is 8.00. The molecule has 2 aromatic rings. The quantitative estimate of drug-likeness (QED) is 0.681. The zero-order valence-corrected chi connectivity index (χ0v) is 14.5. The summed E-state index contributed by atoms with van der Waals surface area (Å²) in [6, 6.07) is 2.32. The van der Waals surface area contributed by atoms with E-state index < -0.39 is 0 Å². The summed E-state index contributed by atoms with van der Waals surface area (Å²) >= 11 is 3.15. The van der Waals surface area contributed by atoms with Crippen molar-refractivity contribution in [1.82, 2.24) is 15.3 Å². The molecule has 118 valence electrons. The highest BCUT2D eigenvalue weighted by Gasteiger charge is 2.25. The molecule has 22 heavy (non-hydrogen) atoms. The van der Waals surface area contributed by atoms with E-state index in [-0.39, 0.29) is 11.2 Å². The minimum Gasteiger partial charge on any atom is -0.352 e. The van der Waals surface area contributed by atoms with Gasteiger partial charge in [0.05, 0.1) is 15.5 Å². The average Bonchev–Trinajstić information content (AvgIpc) is 2.99. The van der Waals surface area contributed by atoms with Crippen molar-refractivity contribution in [1.29, 1.82) is 0 Å². The van der Waals surface area contributed by atoms with E-state index in [9.17, 15) is 4.79 Å². The van der Waals surface area contributed by atoms with Gasteiger partial charge in [-0.2, -0.15) is 0 Å². The Labute approximate surface area is 139 Å². The van der Waals surface area contributed by atoms with Crippen molar-refractivity contribution >= 4 is 39.2 Å². The van der Waals surface area contributed by atoms with Gasteiger partial charge in [0.1, 0.15) is 11.4 Å². The molecule has 4 nitrogen and oxygen atoms in total. The van der Waals surface area contributed by atoms with Crippen LogP contribution in [-0.4, -0.2) is 27.2 Å². The standard InChI is InChI=1S/C16H21N3OS2/c1-10-5-3-4-6-12(10)19-15(20)11(2)22-16-14-13(7-8-21-14)17-9-18-16/h7-12H,3-6H2,1-2H3,(H,19,20). The number of thioether (sulfide) groups is 1. The summed E-state index contributed by atoms with van der Waals surface area (Å²) in [5.41, 5.74) is 0.955. The van der Waals surface area contributed by atoms with Gasteiger partial charge in [0, 0.05) is 6.04 Å². The van der Waals surface area contributed by atoms with Gasteiger partial charge in [-0.25, -0.2) is 9.97 Å². The third kappa shape index (κ3) is 3.43. The molecule has 1 fully saturated rings. The van der Waals surface area contributed by atoms with Crippen LogP contribution in [-0.2, 0) is 4.79 Å². The Balaban J connectivity index is 1.64. The van der Waals surface area contributed by atoms with Crippen molar-refractivity contribution in [2.45, 2.75) is 55.8 Å². The van der Waals surface area contributed by atoms with Gasteiger partial charge in [0.25, 0.3) is 0 Å². The van der Waals surface area contributed by atoms with E-state index in [1.165, 1.54) is 31.0 Å². The molecule has 6 heteroatoms. The van der Waals surface area contributed by atoms with E-state index in [1.54, 1.807) is 17.7 Å². The summed E-state index contributed by atoms with van der Waals surface area (Å²) in [6.45, 7) is 4.19. The first-order valence-electron chi connectivity index (χ1n) is 7.80. The lowest BCUT2D eigenvalue weighted by Crippen LogP contribution is -2.44. The molecule has 3 rings (SSSR count). The van der Waals surface area contributed by atoms with E-state index in [2.05, 4.69) is 22.2 Å². The molecule has 1 aliphatic carbocycles. The molecule has 0 saturated heterocycles. The van der Waals surface area contributed by atoms with Crippen molar-refractivity contribution in [3.05, 3.63) is 17.8 Å². The summed E-state index contributed by atoms with van der Waals surface area (Å²) in [7, 11) is 0.